The Balaban J connectivity index is 4.12. The van der Waals surface area contributed by atoms with Crippen LogP contribution in [0.1, 0.15) is 170 Å². The van der Waals surface area contributed by atoms with Gasteiger partial charge < -0.3 is 76.5 Å². The number of methoxy groups -OCH3 is 1. The Morgan fingerprint density at radius 2 is 1.01 bits per heavy atom. The molecule has 0 bridgehead atoms. The summed E-state index contributed by atoms with van der Waals surface area (Å²) >= 11 is 0. The van der Waals surface area contributed by atoms with Gasteiger partial charge in [-0.05, 0) is 80.5 Å². The Kier molecular flexibility index (Phi) is 37.6. The van der Waals surface area contributed by atoms with Gasteiger partial charge in [0, 0.05) is 81.2 Å². The maximum absolute atomic E-state index is 14.8. The third kappa shape index (κ3) is 27.4. The van der Waals surface area contributed by atoms with Crippen molar-refractivity contribution in [2.45, 2.75) is 236 Å². The molecule has 0 radical (unpaired) electrons. The lowest BCUT2D eigenvalue weighted by molar-refractivity contribution is -0.163. The van der Waals surface area contributed by atoms with Crippen LogP contribution in [0.2, 0.25) is 0 Å². The molecule has 12 atom stereocenters. The van der Waals surface area contributed by atoms with Crippen molar-refractivity contribution in [2.24, 2.45) is 47.3 Å². The van der Waals surface area contributed by atoms with E-state index in [0.29, 0.717) is 6.42 Å². The van der Waals surface area contributed by atoms with Crippen LogP contribution in [-0.4, -0.2) is 242 Å². The average molecular weight is 1380 g/mol. The van der Waals surface area contributed by atoms with E-state index >= 15 is 0 Å². The van der Waals surface area contributed by atoms with Crippen molar-refractivity contribution in [3.05, 3.63) is 0 Å². The maximum atomic E-state index is 14.8. The molecule has 13 amide bonds. The average Bonchev–Trinajstić information content (AvgIpc) is 0.865. The summed E-state index contributed by atoms with van der Waals surface area (Å²) in [5.74, 6) is -12.6. The number of likely N-dealkylation sites (N-methyl/N-ethyl adjacent to an activating group) is 5. The summed E-state index contributed by atoms with van der Waals surface area (Å²) in [7, 11) is 8.35. The summed E-state index contributed by atoms with van der Waals surface area (Å²) in [5.41, 5.74) is 0. The first-order valence-electron chi connectivity index (χ1n) is 34.3. The SMILES string of the molecule is CC[C@H](C)[C@H]1C(=O)NCCC(=O)N[C@H](C(C)C)C(=O)N(C)[C@@H](C(C)C)C(=O)N(C)[C@@H](C)C(=O)NCCC(=O)N[C@H](CC(C)C)C(=O)N(C)[C@H](C(C)C)C(=O)O[C@H](C)[C@H](NC(=O)[C@@H](CC(C)C)N(C)C(=O)[C@@H](NC(=O)COC)C(C)C)C(=O)NCCC(=O)N[C@H](CC(C)C)C(=O)N1C. The molecule has 1 saturated heterocycles. The van der Waals surface area contributed by atoms with E-state index in [2.05, 4.69) is 42.5 Å². The fourth-order valence-corrected chi connectivity index (χ4v) is 11.5. The van der Waals surface area contributed by atoms with Gasteiger partial charge in [0.15, 0.2) is 0 Å². The van der Waals surface area contributed by atoms with Crippen molar-refractivity contribution < 1.29 is 76.6 Å². The van der Waals surface area contributed by atoms with E-state index in [1.807, 2.05) is 48.5 Å². The number of nitrogens with one attached hydrogen (secondary N) is 8. The van der Waals surface area contributed by atoms with Gasteiger partial charge >= 0.3 is 5.97 Å². The van der Waals surface area contributed by atoms with Crippen LogP contribution in [0.4, 0.5) is 0 Å². The van der Waals surface area contributed by atoms with Crippen LogP contribution in [0.25, 0.3) is 0 Å². The van der Waals surface area contributed by atoms with Crippen molar-refractivity contribution >= 4 is 82.8 Å². The smallest absolute Gasteiger partial charge is 0.329 e. The Bertz CT molecular complexity index is 2690. The highest BCUT2D eigenvalue weighted by Crippen LogP contribution is 2.23. The van der Waals surface area contributed by atoms with Crippen molar-refractivity contribution in [1.82, 2.24) is 67.0 Å². The van der Waals surface area contributed by atoms with E-state index in [0.717, 1.165) is 4.90 Å². The molecule has 0 aromatic heterocycles. The summed E-state index contributed by atoms with van der Waals surface area (Å²) in [5, 5.41) is 21.7. The second kappa shape index (κ2) is 41.7. The van der Waals surface area contributed by atoms with Crippen LogP contribution in [0.5, 0.6) is 0 Å². The van der Waals surface area contributed by atoms with Crippen LogP contribution in [0.3, 0.4) is 0 Å². The molecule has 29 heteroatoms. The number of carbonyl (C=O) groups is 14. The minimum atomic E-state index is -1.73. The molecule has 1 rings (SSSR count). The Morgan fingerprint density at radius 3 is 1.43 bits per heavy atom. The fraction of sp³-hybridized carbons (Fsp3) is 0.794. The van der Waals surface area contributed by atoms with Crippen molar-refractivity contribution in [1.29, 1.82) is 0 Å². The van der Waals surface area contributed by atoms with Gasteiger partial charge in [0.05, 0.1) is 0 Å². The monoisotopic (exact) mass is 1380 g/mol. The van der Waals surface area contributed by atoms with Crippen molar-refractivity contribution in [2.75, 3.05) is 68.6 Å². The molecule has 1 heterocycles. The first-order valence-corrected chi connectivity index (χ1v) is 34.3. The van der Waals surface area contributed by atoms with Gasteiger partial charge in [0.1, 0.15) is 73.1 Å². The molecule has 1 aliphatic rings. The van der Waals surface area contributed by atoms with Gasteiger partial charge in [0.25, 0.3) is 0 Å². The molecule has 1 aliphatic heterocycles. The molecule has 0 aromatic carbocycles. The number of hydrogen-bond donors (Lipinski definition) is 8. The molecular weight excluding hydrogens is 1250 g/mol. The van der Waals surface area contributed by atoms with Crippen LogP contribution in [0, 0.1) is 47.3 Å². The minimum Gasteiger partial charge on any atom is -0.458 e. The first kappa shape index (κ1) is 87.6. The zero-order valence-electron chi connectivity index (χ0n) is 62.5. The Morgan fingerprint density at radius 1 is 0.567 bits per heavy atom. The zero-order chi connectivity index (χ0) is 74.8. The summed E-state index contributed by atoms with van der Waals surface area (Å²) in [6.07, 6.45) is -1.78. The molecule has 8 N–H and O–H groups in total. The fourth-order valence-electron chi connectivity index (χ4n) is 11.5. The van der Waals surface area contributed by atoms with Gasteiger partial charge in [0.2, 0.25) is 76.8 Å². The molecular formula is C68H121N13O16. The first-order chi connectivity index (χ1) is 45.0. The number of ether oxygens (including phenoxy) is 2. The molecule has 554 valence electrons. The highest BCUT2D eigenvalue weighted by atomic mass is 16.5. The second-order valence-electron chi connectivity index (χ2n) is 28.5. The lowest BCUT2D eigenvalue weighted by atomic mass is 9.95. The lowest BCUT2D eigenvalue weighted by Gasteiger charge is -2.37. The summed E-state index contributed by atoms with van der Waals surface area (Å²) < 4.78 is 11.0. The van der Waals surface area contributed by atoms with E-state index in [1.165, 1.54) is 75.8 Å². The molecule has 0 aromatic rings. The number of esters is 1. The van der Waals surface area contributed by atoms with E-state index in [1.54, 1.807) is 62.3 Å². The molecule has 97 heavy (non-hydrogen) atoms. The normalized spacial score (nSPS) is 24.5. The molecule has 0 saturated carbocycles. The van der Waals surface area contributed by atoms with E-state index in [9.17, 15) is 67.1 Å². The van der Waals surface area contributed by atoms with Crippen LogP contribution >= 0.6 is 0 Å². The number of hydrogen-bond acceptors (Lipinski definition) is 16. The molecule has 29 nitrogen and oxygen atoms in total. The van der Waals surface area contributed by atoms with Crippen molar-refractivity contribution in [3.63, 3.8) is 0 Å². The predicted octanol–water partition coefficient (Wildman–Crippen LogP) is 1.48. The number of rotatable bonds is 19. The standard InChI is InChI=1S/C68H121N13O16/c1-25-43(16)58-62(89)71-31-28-51(84)74-54(40(10)11)66(93)79(21)56(41(12)13)67(94)77(19)44(17)59(86)69-29-26-49(82)72-46(32-36(2)3)63(90)80(22)57(42(14)15)68(95)97-45(18)55(61(88)70-30-27-50(83)73-47(33-37(4)5)64(91)81(58)23)76-60(87)48(34-38(6)7)78(20)65(92)53(39(8)9)75-52(85)35-96-24/h36-48,53-58H,25-35H2,1-24H3,(H,69,86)(H,70,88)(H,71,89)(H,72,82)(H,73,83)(H,74,84)(H,75,85)(H,76,87)/t43-,44-,45+,46+,47+,48+,53-,54+,55-,56-,57+,58-/m0/s1. The third-order valence-corrected chi connectivity index (χ3v) is 17.4. The maximum Gasteiger partial charge on any atom is 0.329 e. The van der Waals surface area contributed by atoms with Crippen LogP contribution in [-0.2, 0) is 76.6 Å². The van der Waals surface area contributed by atoms with Gasteiger partial charge in [-0.2, -0.15) is 0 Å². The number of carbonyl (C=O) groups excluding carboxylic acids is 14. The molecule has 0 aliphatic carbocycles. The molecule has 0 spiro atoms. The largest absolute Gasteiger partial charge is 0.458 e. The van der Waals surface area contributed by atoms with Gasteiger partial charge in [-0.15, -0.1) is 0 Å². The van der Waals surface area contributed by atoms with E-state index < -0.39 is 185 Å². The van der Waals surface area contributed by atoms with Crippen LogP contribution < -0.4 is 42.5 Å². The predicted molar refractivity (Wildman–Crippen MR) is 366 cm³/mol. The Hall–Kier alpha value is -7.46. The number of cyclic esters (lactones) is 1. The quantitative estimate of drug-likeness (QED) is 0.0849. The van der Waals surface area contributed by atoms with Crippen molar-refractivity contribution in [3.8, 4) is 0 Å². The van der Waals surface area contributed by atoms with Crippen LogP contribution in [0.15, 0.2) is 0 Å². The highest BCUT2D eigenvalue weighted by Gasteiger charge is 2.43. The van der Waals surface area contributed by atoms with Gasteiger partial charge in [-0.3, -0.25) is 62.3 Å². The molecule has 0 unspecified atom stereocenters. The Labute approximate surface area is 576 Å². The second-order valence-corrected chi connectivity index (χ2v) is 28.5. The van der Waals surface area contributed by atoms with E-state index in [4.69, 9.17) is 9.47 Å². The summed E-state index contributed by atoms with van der Waals surface area (Å²) in [6.45, 7) is 29.9. The lowest BCUT2D eigenvalue weighted by Crippen LogP contribution is -2.61. The highest BCUT2D eigenvalue weighted by molar-refractivity contribution is 5.97. The number of nitrogens with zero attached hydrogens (tertiary/aromatic N) is 5. The zero-order valence-corrected chi connectivity index (χ0v) is 62.5. The van der Waals surface area contributed by atoms with Gasteiger partial charge in [-0.1, -0.05) is 117 Å². The third-order valence-electron chi connectivity index (χ3n) is 17.4. The van der Waals surface area contributed by atoms with E-state index in [-0.39, 0.29) is 76.1 Å². The minimum absolute atomic E-state index is 0.0601. The number of amides is 13. The summed E-state index contributed by atoms with van der Waals surface area (Å²) in [6, 6.07) is -12.2. The van der Waals surface area contributed by atoms with Gasteiger partial charge in [-0.25, -0.2) is 4.79 Å². The molecule has 1 fully saturated rings. The topological polar surface area (TPSA) is 370 Å². The summed E-state index contributed by atoms with van der Waals surface area (Å²) in [4.78, 5) is 204.